The SMILES string of the molecule is CCC1OC(OC2C(C)CC(NC(=O)C(O)CNC(=O)OC(C)(C)C)C(OC3OCC(C)(O)C(NC)C3O)C2O)C(O)C(O)C1O. The van der Waals surface area contributed by atoms with Gasteiger partial charge in [-0.05, 0) is 53.5 Å². The number of carbonyl (C=O) groups is 2. The Morgan fingerprint density at radius 3 is 2.20 bits per heavy atom. The molecular formula is C29H53N3O14. The highest BCUT2D eigenvalue weighted by Gasteiger charge is 2.53. The van der Waals surface area contributed by atoms with Crippen LogP contribution in [-0.4, -0.2) is 159 Å². The van der Waals surface area contributed by atoms with Crippen LogP contribution in [0.1, 0.15) is 54.4 Å². The van der Waals surface area contributed by atoms with Crippen molar-refractivity contribution in [1.29, 1.82) is 0 Å². The van der Waals surface area contributed by atoms with Crippen LogP contribution < -0.4 is 16.0 Å². The molecule has 1 saturated carbocycles. The van der Waals surface area contributed by atoms with E-state index in [4.69, 9.17) is 23.7 Å². The zero-order valence-electron chi connectivity index (χ0n) is 27.4. The predicted molar refractivity (Wildman–Crippen MR) is 158 cm³/mol. The van der Waals surface area contributed by atoms with Crippen molar-refractivity contribution in [2.24, 2.45) is 5.92 Å². The number of hydrogen-bond donors (Lipinski definition) is 10. The molecule has 0 aromatic heterocycles. The number of hydrogen-bond acceptors (Lipinski definition) is 15. The molecule has 268 valence electrons. The number of carbonyl (C=O) groups excluding carboxylic acids is 2. The van der Waals surface area contributed by atoms with Crippen molar-refractivity contribution in [3.05, 3.63) is 0 Å². The Morgan fingerprint density at radius 2 is 1.61 bits per heavy atom. The molecule has 3 fully saturated rings. The van der Waals surface area contributed by atoms with Crippen LogP contribution in [0.15, 0.2) is 0 Å². The number of alkyl carbamates (subject to hydrolysis) is 1. The van der Waals surface area contributed by atoms with Gasteiger partial charge in [0.2, 0.25) is 0 Å². The Hall–Kier alpha value is -1.74. The minimum absolute atomic E-state index is 0.0888. The number of nitrogens with one attached hydrogen (secondary N) is 3. The third-order valence-electron chi connectivity index (χ3n) is 8.52. The number of ether oxygens (including phenoxy) is 5. The first-order chi connectivity index (χ1) is 21.3. The Morgan fingerprint density at radius 1 is 0.978 bits per heavy atom. The van der Waals surface area contributed by atoms with E-state index < -0.39 is 115 Å². The molecule has 2 aliphatic heterocycles. The van der Waals surface area contributed by atoms with Crippen molar-refractivity contribution >= 4 is 12.0 Å². The molecule has 46 heavy (non-hydrogen) atoms. The van der Waals surface area contributed by atoms with E-state index in [1.54, 1.807) is 34.6 Å². The lowest BCUT2D eigenvalue weighted by Gasteiger charge is -2.49. The summed E-state index contributed by atoms with van der Waals surface area (Å²) >= 11 is 0. The largest absolute Gasteiger partial charge is 0.444 e. The van der Waals surface area contributed by atoms with Crippen LogP contribution in [0.3, 0.4) is 0 Å². The fourth-order valence-electron chi connectivity index (χ4n) is 6.07. The fourth-order valence-corrected chi connectivity index (χ4v) is 6.07. The second kappa shape index (κ2) is 15.7. The average molecular weight is 668 g/mol. The summed E-state index contributed by atoms with van der Waals surface area (Å²) in [4.78, 5) is 25.0. The predicted octanol–water partition coefficient (Wildman–Crippen LogP) is -3.20. The van der Waals surface area contributed by atoms with Gasteiger partial charge in [-0.15, -0.1) is 0 Å². The third kappa shape index (κ3) is 9.24. The van der Waals surface area contributed by atoms with Gasteiger partial charge in [-0.2, -0.15) is 0 Å². The molecule has 17 nitrogen and oxygen atoms in total. The van der Waals surface area contributed by atoms with Gasteiger partial charge < -0.3 is 75.4 Å². The van der Waals surface area contributed by atoms with Crippen LogP contribution in [-0.2, 0) is 28.5 Å². The summed E-state index contributed by atoms with van der Waals surface area (Å²) in [5.74, 6) is -1.44. The molecule has 15 atom stereocenters. The van der Waals surface area contributed by atoms with E-state index in [-0.39, 0.29) is 13.0 Å². The number of aliphatic hydroxyl groups excluding tert-OH is 6. The topological polar surface area (TPSA) is 258 Å². The van der Waals surface area contributed by atoms with Gasteiger partial charge in [0.15, 0.2) is 12.6 Å². The molecule has 0 bridgehead atoms. The number of rotatable bonds is 10. The molecule has 1 aliphatic carbocycles. The van der Waals surface area contributed by atoms with Crippen LogP contribution in [0, 0.1) is 5.92 Å². The van der Waals surface area contributed by atoms with E-state index in [9.17, 15) is 45.3 Å². The Labute approximate surface area is 268 Å². The summed E-state index contributed by atoms with van der Waals surface area (Å²) in [5, 5.41) is 82.7. The Kier molecular flexibility index (Phi) is 13.2. The summed E-state index contributed by atoms with van der Waals surface area (Å²) in [6, 6.07) is -1.88. The van der Waals surface area contributed by atoms with Crippen molar-refractivity contribution in [2.75, 3.05) is 20.2 Å². The normalized spacial score (nSPS) is 42.6. The van der Waals surface area contributed by atoms with E-state index in [0.717, 1.165) is 0 Å². The van der Waals surface area contributed by atoms with Gasteiger partial charge in [0, 0.05) is 0 Å². The first kappa shape index (κ1) is 38.7. The molecular weight excluding hydrogens is 614 g/mol. The van der Waals surface area contributed by atoms with E-state index in [0.29, 0.717) is 6.42 Å². The lowest BCUT2D eigenvalue weighted by molar-refractivity contribution is -0.335. The standard InChI is InChI=1S/C29H53N3O14/c1-8-15-16(34)17(35)18(36)26(43-15)44-21-12(2)9-13(32-24(39)14(33)10-31-27(40)46-28(3,4)5)22(19(21)37)45-25-20(38)23(30-7)29(6,41)11-42-25/h12-23,25-26,30,33-38,41H,8-11H2,1-7H3,(H,31,40)(H,32,39). The van der Waals surface area contributed by atoms with E-state index in [1.807, 2.05) is 0 Å². The van der Waals surface area contributed by atoms with Crippen molar-refractivity contribution in [1.82, 2.24) is 16.0 Å². The third-order valence-corrected chi connectivity index (χ3v) is 8.52. The summed E-state index contributed by atoms with van der Waals surface area (Å²) in [5.41, 5.74) is -2.26. The Bertz CT molecular complexity index is 1010. The number of aliphatic hydroxyl groups is 7. The highest BCUT2D eigenvalue weighted by atomic mass is 16.7. The molecule has 3 aliphatic rings. The molecule has 0 spiro atoms. The summed E-state index contributed by atoms with van der Waals surface area (Å²) in [6.45, 7) is 9.13. The molecule has 15 unspecified atom stereocenters. The second-order valence-corrected chi connectivity index (χ2v) is 13.6. The van der Waals surface area contributed by atoms with E-state index in [1.165, 1.54) is 14.0 Å². The summed E-state index contributed by atoms with van der Waals surface area (Å²) < 4.78 is 28.5. The molecule has 0 aromatic carbocycles. The van der Waals surface area contributed by atoms with Crippen LogP contribution in [0.25, 0.3) is 0 Å². The minimum Gasteiger partial charge on any atom is -0.444 e. The van der Waals surface area contributed by atoms with Gasteiger partial charge in [0.05, 0.1) is 37.4 Å². The van der Waals surface area contributed by atoms with Gasteiger partial charge in [-0.25, -0.2) is 4.79 Å². The zero-order chi connectivity index (χ0) is 34.7. The van der Waals surface area contributed by atoms with Crippen molar-refractivity contribution in [3.63, 3.8) is 0 Å². The maximum atomic E-state index is 13.0. The molecule has 2 amide bonds. The quantitative estimate of drug-likeness (QED) is 0.110. The molecule has 3 rings (SSSR count). The van der Waals surface area contributed by atoms with Gasteiger partial charge in [0.1, 0.15) is 53.9 Å². The average Bonchev–Trinajstić information content (AvgIpc) is 2.96. The molecule has 10 N–H and O–H groups in total. The van der Waals surface area contributed by atoms with Gasteiger partial charge >= 0.3 is 6.09 Å². The van der Waals surface area contributed by atoms with Crippen LogP contribution >= 0.6 is 0 Å². The van der Waals surface area contributed by atoms with Crippen LogP contribution in [0.2, 0.25) is 0 Å². The molecule has 0 radical (unpaired) electrons. The summed E-state index contributed by atoms with van der Waals surface area (Å²) in [7, 11) is 1.53. The first-order valence-electron chi connectivity index (χ1n) is 15.6. The maximum Gasteiger partial charge on any atom is 0.407 e. The highest BCUT2D eigenvalue weighted by Crippen LogP contribution is 2.35. The second-order valence-electron chi connectivity index (χ2n) is 13.6. The minimum atomic E-state index is -1.71. The number of amides is 2. The van der Waals surface area contributed by atoms with Crippen LogP contribution in [0.4, 0.5) is 4.79 Å². The molecule has 2 saturated heterocycles. The molecule has 2 heterocycles. The van der Waals surface area contributed by atoms with Crippen molar-refractivity contribution in [3.8, 4) is 0 Å². The maximum absolute atomic E-state index is 13.0. The van der Waals surface area contributed by atoms with Crippen molar-refractivity contribution < 1.29 is 69.0 Å². The zero-order valence-corrected chi connectivity index (χ0v) is 27.4. The van der Waals surface area contributed by atoms with Gasteiger partial charge in [0.25, 0.3) is 5.91 Å². The fraction of sp³-hybridized carbons (Fsp3) is 0.931. The summed E-state index contributed by atoms with van der Waals surface area (Å²) in [6.07, 6.45) is -15.9. The van der Waals surface area contributed by atoms with E-state index in [2.05, 4.69) is 16.0 Å². The van der Waals surface area contributed by atoms with Crippen molar-refractivity contribution in [2.45, 2.75) is 145 Å². The Balaban J connectivity index is 1.80. The molecule has 0 aromatic rings. The molecule has 17 heteroatoms. The first-order valence-corrected chi connectivity index (χ1v) is 15.6. The van der Waals surface area contributed by atoms with Gasteiger partial charge in [-0.1, -0.05) is 13.8 Å². The lowest BCUT2D eigenvalue weighted by atomic mass is 9.79. The smallest absolute Gasteiger partial charge is 0.407 e. The van der Waals surface area contributed by atoms with Crippen LogP contribution in [0.5, 0.6) is 0 Å². The van der Waals surface area contributed by atoms with E-state index >= 15 is 0 Å². The lowest BCUT2D eigenvalue weighted by Crippen LogP contribution is -2.68. The monoisotopic (exact) mass is 667 g/mol. The van der Waals surface area contributed by atoms with Gasteiger partial charge in [-0.3, -0.25) is 4.79 Å². The number of likely N-dealkylation sites (N-methyl/N-ethyl adjacent to an activating group) is 1. The highest BCUT2D eigenvalue weighted by molar-refractivity contribution is 5.81.